The van der Waals surface area contributed by atoms with E-state index in [-0.39, 0.29) is 0 Å². The van der Waals surface area contributed by atoms with E-state index in [1.165, 1.54) is 36.9 Å². The Morgan fingerprint density at radius 3 is 2.18 bits per heavy atom. The van der Waals surface area contributed by atoms with Crippen LogP contribution in [0.2, 0.25) is 0 Å². The van der Waals surface area contributed by atoms with Crippen LogP contribution in [0.15, 0.2) is 54.6 Å². The molecule has 0 aromatic heterocycles. The lowest BCUT2D eigenvalue weighted by Crippen LogP contribution is -2.30. The number of anilines is 2. The topological polar surface area (TPSA) is 15.3 Å². The highest BCUT2D eigenvalue weighted by Gasteiger charge is 2.05. The largest absolute Gasteiger partial charge is 0.298 e. The number of aryl methyl sites for hydroxylation is 1. The van der Waals surface area contributed by atoms with Crippen LogP contribution in [0.25, 0.3) is 0 Å². The zero-order chi connectivity index (χ0) is 15.6. The van der Waals surface area contributed by atoms with Gasteiger partial charge in [0, 0.05) is 6.54 Å². The molecule has 0 unspecified atom stereocenters. The summed E-state index contributed by atoms with van der Waals surface area (Å²) in [6.07, 6.45) is 6.18. The Morgan fingerprint density at radius 1 is 0.818 bits per heavy atom. The molecule has 2 aromatic rings. The van der Waals surface area contributed by atoms with Crippen LogP contribution in [-0.2, 0) is 6.42 Å². The molecule has 1 N–H and O–H groups in total. The van der Waals surface area contributed by atoms with Crippen LogP contribution >= 0.6 is 0 Å². The first-order chi connectivity index (χ1) is 10.8. The molecule has 0 spiro atoms. The average molecular weight is 296 g/mol. The Morgan fingerprint density at radius 2 is 1.55 bits per heavy atom. The van der Waals surface area contributed by atoms with E-state index in [0.29, 0.717) is 0 Å². The number of rotatable bonds is 9. The molecule has 0 saturated carbocycles. The first-order valence-electron chi connectivity index (χ1n) is 8.51. The van der Waals surface area contributed by atoms with E-state index in [1.807, 2.05) is 0 Å². The van der Waals surface area contributed by atoms with E-state index < -0.39 is 0 Å². The summed E-state index contributed by atoms with van der Waals surface area (Å²) in [6, 6.07) is 19.4. The van der Waals surface area contributed by atoms with E-state index in [9.17, 15) is 0 Å². The van der Waals surface area contributed by atoms with Crippen molar-refractivity contribution in [2.24, 2.45) is 0 Å². The molecule has 22 heavy (non-hydrogen) atoms. The molecule has 0 aliphatic rings. The van der Waals surface area contributed by atoms with E-state index >= 15 is 0 Å². The minimum Gasteiger partial charge on any atom is -0.298 e. The third kappa shape index (κ3) is 5.10. The van der Waals surface area contributed by atoms with Crippen molar-refractivity contribution in [3.63, 3.8) is 0 Å². The van der Waals surface area contributed by atoms with Crippen molar-refractivity contribution >= 4 is 11.4 Å². The molecular weight excluding hydrogens is 268 g/mol. The number of para-hydroxylation sites is 1. The normalized spacial score (nSPS) is 10.5. The molecule has 2 nitrogen and oxygen atoms in total. The van der Waals surface area contributed by atoms with Gasteiger partial charge in [0.25, 0.3) is 0 Å². The lowest BCUT2D eigenvalue weighted by atomic mass is 10.1. The fourth-order valence-corrected chi connectivity index (χ4v) is 2.56. The van der Waals surface area contributed by atoms with Gasteiger partial charge < -0.3 is 0 Å². The lowest BCUT2D eigenvalue weighted by Gasteiger charge is -2.26. The van der Waals surface area contributed by atoms with Gasteiger partial charge in [0.1, 0.15) is 0 Å². The fourth-order valence-electron chi connectivity index (χ4n) is 2.56. The summed E-state index contributed by atoms with van der Waals surface area (Å²) in [6.45, 7) is 5.44. The Balaban J connectivity index is 1.98. The van der Waals surface area contributed by atoms with Gasteiger partial charge in [-0.25, -0.2) is 0 Å². The molecule has 2 heteroatoms. The summed E-state index contributed by atoms with van der Waals surface area (Å²) in [7, 11) is 0. The molecule has 0 radical (unpaired) electrons. The maximum absolute atomic E-state index is 3.52. The van der Waals surface area contributed by atoms with Gasteiger partial charge in [-0.2, -0.15) is 0 Å². The van der Waals surface area contributed by atoms with Crippen molar-refractivity contribution in [1.82, 2.24) is 0 Å². The smallest absolute Gasteiger partial charge is 0.0571 e. The van der Waals surface area contributed by atoms with Crippen molar-refractivity contribution in [2.45, 2.75) is 46.0 Å². The highest BCUT2D eigenvalue weighted by molar-refractivity contribution is 5.55. The van der Waals surface area contributed by atoms with Crippen LogP contribution in [0.1, 0.15) is 45.1 Å². The zero-order valence-corrected chi connectivity index (χ0v) is 13.9. The van der Waals surface area contributed by atoms with Gasteiger partial charge in [0.05, 0.1) is 11.4 Å². The van der Waals surface area contributed by atoms with Crippen molar-refractivity contribution in [3.8, 4) is 0 Å². The summed E-state index contributed by atoms with van der Waals surface area (Å²) < 4.78 is 0. The molecule has 0 amide bonds. The number of nitrogens with zero attached hydrogens (tertiary/aromatic N) is 1. The second-order valence-electron chi connectivity index (χ2n) is 5.75. The molecule has 0 aliphatic carbocycles. The summed E-state index contributed by atoms with van der Waals surface area (Å²) >= 11 is 0. The second-order valence-corrected chi connectivity index (χ2v) is 5.75. The minimum atomic E-state index is 0.988. The van der Waals surface area contributed by atoms with Crippen LogP contribution in [0.5, 0.6) is 0 Å². The van der Waals surface area contributed by atoms with Crippen molar-refractivity contribution < 1.29 is 0 Å². The van der Waals surface area contributed by atoms with Crippen LogP contribution in [-0.4, -0.2) is 6.54 Å². The molecule has 2 rings (SSSR count). The van der Waals surface area contributed by atoms with Crippen LogP contribution in [0.3, 0.4) is 0 Å². The number of hydrazine groups is 1. The second kappa shape index (κ2) is 9.14. The summed E-state index contributed by atoms with van der Waals surface area (Å²) in [5, 5.41) is 2.21. The maximum atomic E-state index is 3.52. The van der Waals surface area contributed by atoms with Crippen LogP contribution < -0.4 is 10.4 Å². The highest BCUT2D eigenvalue weighted by Crippen LogP contribution is 2.18. The first-order valence-corrected chi connectivity index (χ1v) is 8.51. The number of hydrogen-bond acceptors (Lipinski definition) is 2. The molecule has 0 heterocycles. The van der Waals surface area contributed by atoms with Crippen LogP contribution in [0, 0.1) is 0 Å². The standard InChI is InChI=1S/C20H28N2/c1-3-5-7-10-18-13-15-19(16-14-18)21-22(17-4-2)20-11-8-6-9-12-20/h6,8-9,11-16,21H,3-5,7,10,17H2,1-2H3. The van der Waals surface area contributed by atoms with Crippen molar-refractivity contribution in [3.05, 3.63) is 60.2 Å². The van der Waals surface area contributed by atoms with Gasteiger partial charge in [0.2, 0.25) is 0 Å². The first kappa shape index (κ1) is 16.4. The number of hydrogen-bond donors (Lipinski definition) is 1. The number of nitrogens with one attached hydrogen (secondary N) is 1. The number of benzene rings is 2. The highest BCUT2D eigenvalue weighted by atomic mass is 15.5. The minimum absolute atomic E-state index is 0.988. The van der Waals surface area contributed by atoms with Crippen LogP contribution in [0.4, 0.5) is 11.4 Å². The third-order valence-electron chi connectivity index (χ3n) is 3.80. The van der Waals surface area contributed by atoms with Gasteiger partial charge >= 0.3 is 0 Å². The van der Waals surface area contributed by atoms with Gasteiger partial charge in [-0.05, 0) is 49.1 Å². The van der Waals surface area contributed by atoms with Gasteiger partial charge in [-0.15, -0.1) is 0 Å². The predicted octanol–water partition coefficient (Wildman–Crippen LogP) is 5.66. The molecule has 0 saturated heterocycles. The SMILES string of the molecule is CCCCCc1ccc(NN(CCC)c2ccccc2)cc1. The van der Waals surface area contributed by atoms with Gasteiger partial charge in [-0.3, -0.25) is 10.4 Å². The molecule has 0 bridgehead atoms. The van der Waals surface area contributed by atoms with Crippen molar-refractivity contribution in [2.75, 3.05) is 17.0 Å². The quantitative estimate of drug-likeness (QED) is 0.474. The Bertz CT molecular complexity index is 519. The summed E-state index contributed by atoms with van der Waals surface area (Å²) in [5.74, 6) is 0. The molecule has 0 aliphatic heterocycles. The lowest BCUT2D eigenvalue weighted by molar-refractivity contribution is 0.717. The van der Waals surface area contributed by atoms with Gasteiger partial charge in [-0.1, -0.05) is 57.0 Å². The summed E-state index contributed by atoms with van der Waals surface area (Å²) in [5.41, 5.74) is 7.31. The monoisotopic (exact) mass is 296 g/mol. The summed E-state index contributed by atoms with van der Waals surface area (Å²) in [4.78, 5) is 0. The molecule has 118 valence electrons. The number of unbranched alkanes of at least 4 members (excludes halogenated alkanes) is 2. The van der Waals surface area contributed by atoms with E-state index in [0.717, 1.165) is 18.7 Å². The van der Waals surface area contributed by atoms with E-state index in [4.69, 9.17) is 0 Å². The van der Waals surface area contributed by atoms with Crippen molar-refractivity contribution in [1.29, 1.82) is 0 Å². The zero-order valence-electron chi connectivity index (χ0n) is 13.9. The Kier molecular flexibility index (Phi) is 6.82. The average Bonchev–Trinajstić information content (AvgIpc) is 2.57. The molecule has 2 aromatic carbocycles. The maximum Gasteiger partial charge on any atom is 0.0571 e. The Hall–Kier alpha value is -1.96. The predicted molar refractivity (Wildman–Crippen MR) is 97.4 cm³/mol. The van der Waals surface area contributed by atoms with E-state index in [1.54, 1.807) is 0 Å². The van der Waals surface area contributed by atoms with E-state index in [2.05, 4.69) is 78.9 Å². The molecule has 0 fully saturated rings. The molecule has 0 atom stereocenters. The Labute approximate surface area is 135 Å². The van der Waals surface area contributed by atoms with Gasteiger partial charge in [0.15, 0.2) is 0 Å². The molecular formula is C20H28N2. The third-order valence-corrected chi connectivity index (χ3v) is 3.80. The fraction of sp³-hybridized carbons (Fsp3) is 0.400.